The Hall–Kier alpha value is -3.16. The van der Waals surface area contributed by atoms with Crippen LogP contribution >= 0.6 is 0 Å². The second kappa shape index (κ2) is 9.86. The molecule has 0 bridgehead atoms. The first-order chi connectivity index (χ1) is 11.9. The van der Waals surface area contributed by atoms with Crippen LogP contribution in [0.15, 0.2) is 36.4 Å². The van der Waals surface area contributed by atoms with Crippen LogP contribution in [0.5, 0.6) is 0 Å². The van der Waals surface area contributed by atoms with E-state index in [1.807, 2.05) is 0 Å². The van der Waals surface area contributed by atoms with Crippen molar-refractivity contribution in [3.63, 3.8) is 0 Å². The van der Waals surface area contributed by atoms with E-state index >= 15 is 0 Å². The summed E-state index contributed by atoms with van der Waals surface area (Å²) in [5.41, 5.74) is 0.379. The molecule has 0 aliphatic carbocycles. The number of carbonyl (C=O) groups is 4. The first-order valence-electron chi connectivity index (χ1n) is 7.24. The van der Waals surface area contributed by atoms with Crippen LogP contribution < -0.4 is 5.32 Å². The maximum atomic E-state index is 12.3. The molecule has 1 N–H and O–H groups in total. The van der Waals surface area contributed by atoms with Crippen molar-refractivity contribution in [2.45, 2.75) is 12.5 Å². The smallest absolute Gasteiger partial charge is 0.337 e. The van der Waals surface area contributed by atoms with Crippen molar-refractivity contribution in [3.8, 4) is 0 Å². The van der Waals surface area contributed by atoms with Crippen molar-refractivity contribution in [1.82, 2.24) is 5.32 Å². The lowest BCUT2D eigenvalue weighted by Gasteiger charge is -2.15. The van der Waals surface area contributed by atoms with Gasteiger partial charge in [-0.15, -0.1) is 0 Å². The van der Waals surface area contributed by atoms with Crippen LogP contribution in [-0.2, 0) is 23.8 Å². The summed E-state index contributed by atoms with van der Waals surface area (Å²) in [6.45, 7) is 0. The van der Waals surface area contributed by atoms with Gasteiger partial charge in [-0.1, -0.05) is 12.1 Å². The van der Waals surface area contributed by atoms with E-state index in [2.05, 4.69) is 19.5 Å². The lowest BCUT2D eigenvalue weighted by atomic mass is 10.1. The summed E-state index contributed by atoms with van der Waals surface area (Å²) in [7, 11) is 3.64. The number of ether oxygens (including phenoxy) is 3. The fourth-order valence-electron chi connectivity index (χ4n) is 1.87. The molecule has 0 aliphatic heterocycles. The molecule has 0 saturated carbocycles. The number of nitrogens with one attached hydrogen (secondary N) is 1. The SMILES string of the molecule is COC(=O)/C=C/C[C@H](NC(=O)c1cccc(C(=O)OC)c1)C(=O)OC. The maximum Gasteiger partial charge on any atom is 0.337 e. The summed E-state index contributed by atoms with van der Waals surface area (Å²) in [4.78, 5) is 46.7. The van der Waals surface area contributed by atoms with Gasteiger partial charge in [0.25, 0.3) is 5.91 Å². The van der Waals surface area contributed by atoms with E-state index in [-0.39, 0.29) is 17.5 Å². The molecule has 25 heavy (non-hydrogen) atoms. The highest BCUT2D eigenvalue weighted by molar-refractivity contribution is 5.99. The average molecular weight is 349 g/mol. The minimum Gasteiger partial charge on any atom is -0.467 e. The maximum absolute atomic E-state index is 12.3. The Morgan fingerprint density at radius 2 is 1.72 bits per heavy atom. The van der Waals surface area contributed by atoms with E-state index < -0.39 is 29.9 Å². The highest BCUT2D eigenvalue weighted by atomic mass is 16.5. The van der Waals surface area contributed by atoms with Gasteiger partial charge >= 0.3 is 17.9 Å². The lowest BCUT2D eigenvalue weighted by Crippen LogP contribution is -2.41. The minimum atomic E-state index is -1.000. The molecule has 1 aromatic carbocycles. The molecule has 1 atom stereocenters. The van der Waals surface area contributed by atoms with E-state index in [0.717, 1.165) is 6.08 Å². The third-order valence-corrected chi connectivity index (χ3v) is 3.16. The summed E-state index contributed by atoms with van der Waals surface area (Å²) in [6, 6.07) is 4.85. The zero-order valence-corrected chi connectivity index (χ0v) is 14.1. The standard InChI is InChI=1S/C17H19NO7/c1-23-14(19)9-5-8-13(17(22)25-3)18-15(20)11-6-4-7-12(10-11)16(21)24-2/h4-7,9-10,13H,8H2,1-3H3,(H,18,20)/b9-5+/t13-/m0/s1. The van der Waals surface area contributed by atoms with Crippen molar-refractivity contribution in [2.24, 2.45) is 0 Å². The van der Waals surface area contributed by atoms with Crippen LogP contribution in [0.1, 0.15) is 27.1 Å². The fraction of sp³-hybridized carbons (Fsp3) is 0.294. The van der Waals surface area contributed by atoms with E-state index in [0.29, 0.717) is 0 Å². The number of benzene rings is 1. The van der Waals surface area contributed by atoms with Gasteiger partial charge in [0.1, 0.15) is 6.04 Å². The van der Waals surface area contributed by atoms with Crippen LogP contribution in [0.3, 0.4) is 0 Å². The van der Waals surface area contributed by atoms with Gasteiger partial charge in [0, 0.05) is 11.6 Å². The molecule has 8 heteroatoms. The fourth-order valence-corrected chi connectivity index (χ4v) is 1.87. The average Bonchev–Trinajstić information content (AvgIpc) is 2.65. The van der Waals surface area contributed by atoms with Crippen LogP contribution in [0.2, 0.25) is 0 Å². The number of hydrogen-bond donors (Lipinski definition) is 1. The molecule has 8 nitrogen and oxygen atoms in total. The number of carbonyl (C=O) groups excluding carboxylic acids is 4. The van der Waals surface area contributed by atoms with Gasteiger partial charge in [0.05, 0.1) is 26.9 Å². The third-order valence-electron chi connectivity index (χ3n) is 3.16. The summed E-state index contributed by atoms with van der Waals surface area (Å²) < 4.78 is 13.7. The Kier molecular flexibility index (Phi) is 7.85. The first kappa shape index (κ1) is 19.9. The molecule has 1 aromatic rings. The third kappa shape index (κ3) is 6.09. The van der Waals surface area contributed by atoms with E-state index in [1.54, 1.807) is 0 Å². The molecule has 0 fully saturated rings. The number of rotatable bonds is 7. The monoisotopic (exact) mass is 349 g/mol. The molecular formula is C17H19NO7. The molecule has 0 saturated heterocycles. The van der Waals surface area contributed by atoms with E-state index in [1.165, 1.54) is 51.7 Å². The molecular weight excluding hydrogens is 330 g/mol. The summed E-state index contributed by atoms with van der Waals surface area (Å²) in [6.07, 6.45) is 2.56. The molecule has 1 rings (SSSR count). The van der Waals surface area contributed by atoms with Crippen molar-refractivity contribution in [2.75, 3.05) is 21.3 Å². The van der Waals surface area contributed by atoms with Gasteiger partial charge in [-0.3, -0.25) is 4.79 Å². The van der Waals surface area contributed by atoms with Crippen LogP contribution in [0.4, 0.5) is 0 Å². The summed E-state index contributed by atoms with van der Waals surface area (Å²) >= 11 is 0. The second-order valence-electron chi connectivity index (χ2n) is 4.78. The Morgan fingerprint density at radius 1 is 1.04 bits per heavy atom. The van der Waals surface area contributed by atoms with Gasteiger partial charge in [-0.2, -0.15) is 0 Å². The van der Waals surface area contributed by atoms with Crippen LogP contribution in [0, 0.1) is 0 Å². The number of esters is 3. The predicted octanol–water partition coefficient (Wildman–Crippen LogP) is 0.864. The van der Waals surface area contributed by atoms with Gasteiger partial charge in [0.15, 0.2) is 0 Å². The summed E-state index contributed by atoms with van der Waals surface area (Å²) in [5, 5.41) is 2.49. The highest BCUT2D eigenvalue weighted by Gasteiger charge is 2.21. The van der Waals surface area contributed by atoms with E-state index in [4.69, 9.17) is 0 Å². The van der Waals surface area contributed by atoms with Crippen molar-refractivity contribution in [1.29, 1.82) is 0 Å². The molecule has 1 amide bonds. The quantitative estimate of drug-likeness (QED) is 0.442. The van der Waals surface area contributed by atoms with Gasteiger partial charge in [-0.25, -0.2) is 14.4 Å². The van der Waals surface area contributed by atoms with Gasteiger partial charge < -0.3 is 19.5 Å². The molecule has 0 aromatic heterocycles. The molecule has 134 valence electrons. The van der Waals surface area contributed by atoms with E-state index in [9.17, 15) is 19.2 Å². The zero-order chi connectivity index (χ0) is 18.8. The van der Waals surface area contributed by atoms with Crippen LogP contribution in [-0.4, -0.2) is 51.2 Å². The molecule has 0 aliphatic rings. The van der Waals surface area contributed by atoms with Crippen molar-refractivity contribution >= 4 is 23.8 Å². The minimum absolute atomic E-state index is 0.0320. The highest BCUT2D eigenvalue weighted by Crippen LogP contribution is 2.08. The molecule has 0 unspecified atom stereocenters. The van der Waals surface area contributed by atoms with Crippen LogP contribution in [0.25, 0.3) is 0 Å². The molecule has 0 heterocycles. The molecule has 0 radical (unpaired) electrons. The van der Waals surface area contributed by atoms with Crippen molar-refractivity contribution < 1.29 is 33.4 Å². The normalized spacial score (nSPS) is 11.5. The number of hydrogen-bond acceptors (Lipinski definition) is 7. The van der Waals surface area contributed by atoms with Gasteiger partial charge in [-0.05, 0) is 24.6 Å². The second-order valence-corrected chi connectivity index (χ2v) is 4.78. The largest absolute Gasteiger partial charge is 0.467 e. The predicted molar refractivity (Wildman–Crippen MR) is 86.8 cm³/mol. The number of methoxy groups -OCH3 is 3. The Balaban J connectivity index is 2.87. The topological polar surface area (TPSA) is 108 Å². The Morgan fingerprint density at radius 3 is 2.32 bits per heavy atom. The van der Waals surface area contributed by atoms with Crippen molar-refractivity contribution in [3.05, 3.63) is 47.5 Å². The Bertz CT molecular complexity index is 681. The lowest BCUT2D eigenvalue weighted by molar-refractivity contribution is -0.143. The summed E-state index contributed by atoms with van der Waals surface area (Å²) in [5.74, 6) is -2.42. The Labute approximate surface area is 144 Å². The number of amides is 1. The molecule has 0 spiro atoms. The zero-order valence-electron chi connectivity index (χ0n) is 14.1. The van der Waals surface area contributed by atoms with Gasteiger partial charge in [0.2, 0.25) is 0 Å². The first-order valence-corrected chi connectivity index (χ1v) is 7.24.